The molecule has 0 unspecified atom stereocenters. The molecule has 7 heteroatoms. The monoisotopic (exact) mass is 256 g/mol. The number of ether oxygens (including phenoxy) is 1. The van der Waals surface area contributed by atoms with Crippen molar-refractivity contribution >= 4 is 17.4 Å². The van der Waals surface area contributed by atoms with E-state index in [1.54, 1.807) is 0 Å². The Balaban J connectivity index is 3.25. The van der Waals surface area contributed by atoms with Crippen LogP contribution < -0.4 is 4.74 Å². The zero-order valence-electron chi connectivity index (χ0n) is 7.86. The zero-order valence-corrected chi connectivity index (χ0v) is 8.62. The van der Waals surface area contributed by atoms with E-state index in [9.17, 15) is 22.4 Å². The summed E-state index contributed by atoms with van der Waals surface area (Å²) in [5.41, 5.74) is -0.427. The van der Waals surface area contributed by atoms with Crippen LogP contribution in [0.25, 0.3) is 0 Å². The summed E-state index contributed by atoms with van der Waals surface area (Å²) in [6.45, 7) is 1.02. The van der Waals surface area contributed by atoms with Gasteiger partial charge in [0.15, 0.2) is 5.78 Å². The van der Waals surface area contributed by atoms with Gasteiger partial charge in [-0.1, -0.05) is 11.6 Å². The number of carbonyl (C=O) groups excluding carboxylic acids is 1. The number of ketones is 1. The molecule has 0 bridgehead atoms. The first-order valence-electron chi connectivity index (χ1n) is 3.96. The van der Waals surface area contributed by atoms with Gasteiger partial charge in [-0.25, -0.2) is 4.39 Å². The van der Waals surface area contributed by atoms with Crippen molar-refractivity contribution in [2.45, 2.75) is 13.3 Å². The van der Waals surface area contributed by atoms with Crippen LogP contribution in [0, 0.1) is 5.82 Å². The molecule has 0 atom stereocenters. The van der Waals surface area contributed by atoms with Gasteiger partial charge in [0.05, 0.1) is 10.6 Å². The molecule has 1 aromatic carbocycles. The van der Waals surface area contributed by atoms with Crippen LogP contribution in [0.2, 0.25) is 5.02 Å². The van der Waals surface area contributed by atoms with Crippen LogP contribution in [0.3, 0.4) is 0 Å². The van der Waals surface area contributed by atoms with Crippen molar-refractivity contribution in [2.24, 2.45) is 0 Å². The number of alkyl halides is 3. The molecular formula is C9H5ClF4O2. The van der Waals surface area contributed by atoms with Crippen molar-refractivity contribution in [1.29, 1.82) is 0 Å². The molecule has 1 rings (SSSR count). The van der Waals surface area contributed by atoms with E-state index in [1.165, 1.54) is 0 Å². The van der Waals surface area contributed by atoms with E-state index >= 15 is 0 Å². The molecular weight excluding hydrogens is 252 g/mol. The molecule has 0 saturated heterocycles. The Hall–Kier alpha value is -1.30. The quantitative estimate of drug-likeness (QED) is 0.597. The molecule has 0 saturated carbocycles. The van der Waals surface area contributed by atoms with Gasteiger partial charge in [-0.3, -0.25) is 4.79 Å². The van der Waals surface area contributed by atoms with Crippen LogP contribution in [-0.4, -0.2) is 12.1 Å². The van der Waals surface area contributed by atoms with E-state index in [-0.39, 0.29) is 0 Å². The summed E-state index contributed by atoms with van der Waals surface area (Å²) in [6, 6.07) is 1.22. The third kappa shape index (κ3) is 3.10. The Bertz CT molecular complexity index is 428. The number of Topliss-reactive ketones (excluding diaryl/α,β-unsaturated/α-hetero) is 1. The van der Waals surface area contributed by atoms with Gasteiger partial charge in [0.2, 0.25) is 0 Å². The summed E-state index contributed by atoms with van der Waals surface area (Å²) >= 11 is 5.34. The highest BCUT2D eigenvalue weighted by atomic mass is 35.5. The van der Waals surface area contributed by atoms with Gasteiger partial charge in [0.25, 0.3) is 0 Å². The van der Waals surface area contributed by atoms with E-state index in [4.69, 9.17) is 11.6 Å². The Morgan fingerprint density at radius 1 is 1.38 bits per heavy atom. The molecule has 0 radical (unpaired) electrons. The summed E-state index contributed by atoms with van der Waals surface area (Å²) in [7, 11) is 0. The molecule has 0 aliphatic rings. The summed E-state index contributed by atoms with van der Waals surface area (Å²) in [5.74, 6) is -2.70. The van der Waals surface area contributed by atoms with Gasteiger partial charge in [-0.2, -0.15) is 0 Å². The average Bonchev–Trinajstić information content (AvgIpc) is 2.07. The summed E-state index contributed by atoms with van der Waals surface area (Å²) < 4.78 is 52.2. The Morgan fingerprint density at radius 2 is 1.94 bits per heavy atom. The Labute approximate surface area is 92.8 Å². The second-order valence-corrected chi connectivity index (χ2v) is 3.27. The molecule has 0 spiro atoms. The molecule has 0 aromatic heterocycles. The maximum Gasteiger partial charge on any atom is 0.573 e. The first-order chi connectivity index (χ1) is 7.20. The molecule has 0 aliphatic carbocycles. The van der Waals surface area contributed by atoms with Gasteiger partial charge in [0.1, 0.15) is 11.6 Å². The third-order valence-corrected chi connectivity index (χ3v) is 1.92. The van der Waals surface area contributed by atoms with E-state index in [2.05, 4.69) is 4.74 Å². The number of benzene rings is 1. The highest BCUT2D eigenvalue weighted by Gasteiger charge is 2.33. The maximum absolute atomic E-state index is 12.9. The third-order valence-electron chi connectivity index (χ3n) is 1.63. The highest BCUT2D eigenvalue weighted by Crippen LogP contribution is 2.30. The van der Waals surface area contributed by atoms with Crippen molar-refractivity contribution in [2.75, 3.05) is 0 Å². The molecule has 0 amide bonds. The van der Waals surface area contributed by atoms with Gasteiger partial charge in [-0.15, -0.1) is 13.2 Å². The highest BCUT2D eigenvalue weighted by molar-refractivity contribution is 6.31. The Morgan fingerprint density at radius 3 is 2.38 bits per heavy atom. The van der Waals surface area contributed by atoms with E-state index in [0.717, 1.165) is 13.0 Å². The van der Waals surface area contributed by atoms with Crippen LogP contribution in [0.4, 0.5) is 17.6 Å². The second-order valence-electron chi connectivity index (χ2n) is 2.87. The summed E-state index contributed by atoms with van der Waals surface area (Å²) in [6.07, 6.45) is -5.00. The number of rotatable bonds is 2. The second kappa shape index (κ2) is 4.29. The fourth-order valence-corrected chi connectivity index (χ4v) is 1.18. The van der Waals surface area contributed by atoms with Crippen LogP contribution in [0.15, 0.2) is 12.1 Å². The zero-order chi connectivity index (χ0) is 12.5. The van der Waals surface area contributed by atoms with E-state index in [0.29, 0.717) is 6.07 Å². The summed E-state index contributed by atoms with van der Waals surface area (Å²) in [4.78, 5) is 11.0. The number of hydrogen-bond donors (Lipinski definition) is 0. The van der Waals surface area contributed by atoms with Crippen molar-refractivity contribution in [1.82, 2.24) is 0 Å². The molecule has 16 heavy (non-hydrogen) atoms. The van der Waals surface area contributed by atoms with Gasteiger partial charge in [0, 0.05) is 6.07 Å². The lowest BCUT2D eigenvalue weighted by molar-refractivity contribution is -0.274. The molecule has 0 aliphatic heterocycles. The van der Waals surface area contributed by atoms with E-state index in [1.807, 2.05) is 0 Å². The topological polar surface area (TPSA) is 26.3 Å². The predicted octanol–water partition coefficient (Wildman–Crippen LogP) is 3.58. The summed E-state index contributed by atoms with van der Waals surface area (Å²) in [5, 5.41) is -0.445. The molecule has 0 N–H and O–H groups in total. The van der Waals surface area contributed by atoms with Crippen LogP contribution in [0.5, 0.6) is 5.75 Å². The van der Waals surface area contributed by atoms with Crippen molar-refractivity contribution in [3.05, 3.63) is 28.5 Å². The van der Waals surface area contributed by atoms with Gasteiger partial charge >= 0.3 is 6.36 Å². The minimum absolute atomic E-state index is 0.423. The predicted molar refractivity (Wildman–Crippen MR) is 48.1 cm³/mol. The lowest BCUT2D eigenvalue weighted by atomic mass is 10.1. The van der Waals surface area contributed by atoms with Crippen molar-refractivity contribution in [3.8, 4) is 5.75 Å². The minimum Gasteiger partial charge on any atom is -0.405 e. The fourth-order valence-electron chi connectivity index (χ4n) is 1.01. The normalized spacial score (nSPS) is 11.4. The number of carbonyl (C=O) groups is 1. The standard InChI is InChI=1S/C9H5ClF4O2/c1-4(15)5-2-6(10)7(11)3-8(5)16-9(12,13)14/h2-3H,1H3. The molecule has 1 aromatic rings. The van der Waals surface area contributed by atoms with Gasteiger partial charge < -0.3 is 4.74 Å². The number of halogens is 5. The van der Waals surface area contributed by atoms with E-state index < -0.39 is 34.3 Å². The lowest BCUT2D eigenvalue weighted by Gasteiger charge is -2.12. The first kappa shape index (κ1) is 12.8. The lowest BCUT2D eigenvalue weighted by Crippen LogP contribution is -2.19. The average molecular weight is 257 g/mol. The fraction of sp³-hybridized carbons (Fsp3) is 0.222. The smallest absolute Gasteiger partial charge is 0.405 e. The van der Waals surface area contributed by atoms with Crippen LogP contribution in [0.1, 0.15) is 17.3 Å². The number of hydrogen-bond acceptors (Lipinski definition) is 2. The molecule has 0 heterocycles. The van der Waals surface area contributed by atoms with Crippen molar-refractivity contribution < 1.29 is 27.1 Å². The largest absolute Gasteiger partial charge is 0.573 e. The molecule has 2 nitrogen and oxygen atoms in total. The SMILES string of the molecule is CC(=O)c1cc(Cl)c(F)cc1OC(F)(F)F. The van der Waals surface area contributed by atoms with Gasteiger partial charge in [-0.05, 0) is 13.0 Å². The van der Waals surface area contributed by atoms with Crippen molar-refractivity contribution in [3.63, 3.8) is 0 Å². The van der Waals surface area contributed by atoms with Crippen LogP contribution in [-0.2, 0) is 0 Å². The first-order valence-corrected chi connectivity index (χ1v) is 4.34. The Kier molecular flexibility index (Phi) is 3.42. The molecule has 0 fully saturated rings. The van der Waals surface area contributed by atoms with Crippen LogP contribution >= 0.6 is 11.6 Å². The maximum atomic E-state index is 12.9. The minimum atomic E-state index is -5.00. The molecule has 88 valence electrons.